The molecule has 2 saturated heterocycles. The molecular weight excluding hydrogens is 428 g/mol. The number of piperazine rings is 1. The van der Waals surface area contributed by atoms with Gasteiger partial charge < -0.3 is 19.4 Å². The first-order valence-electron chi connectivity index (χ1n) is 11.9. The van der Waals surface area contributed by atoms with Crippen molar-refractivity contribution in [3.05, 3.63) is 66.5 Å². The Hall–Kier alpha value is -3.61. The van der Waals surface area contributed by atoms with Gasteiger partial charge in [-0.3, -0.25) is 14.6 Å². The van der Waals surface area contributed by atoms with Crippen LogP contribution >= 0.6 is 0 Å². The maximum atomic E-state index is 13.5. The van der Waals surface area contributed by atoms with E-state index in [-0.39, 0.29) is 17.7 Å². The zero-order valence-corrected chi connectivity index (χ0v) is 19.5. The molecule has 176 valence electrons. The lowest BCUT2D eigenvalue weighted by molar-refractivity contribution is -0.137. The van der Waals surface area contributed by atoms with Crippen LogP contribution in [0.4, 0.5) is 5.69 Å². The minimum atomic E-state index is -0.144. The monoisotopic (exact) mass is 458 g/mol. The lowest BCUT2D eigenvalue weighted by Crippen LogP contribution is -2.53. The summed E-state index contributed by atoms with van der Waals surface area (Å²) in [5.41, 5.74) is 1.80. The Bertz CT molecular complexity index is 1170. The first-order valence-corrected chi connectivity index (χ1v) is 11.9. The van der Waals surface area contributed by atoms with Gasteiger partial charge in [-0.15, -0.1) is 0 Å². The standard InChI is InChI=1S/C27H30N4O3/c1-34-25-9-8-24(22-6-2-3-7-23(22)25)27(33)31-14-4-5-20(19-31)26(32)30-17-15-29(16-18-30)21-10-12-28-13-11-21/h2-3,6-13,20H,4-5,14-19H2,1H3. The van der Waals surface area contributed by atoms with E-state index >= 15 is 0 Å². The highest BCUT2D eigenvalue weighted by Gasteiger charge is 2.33. The van der Waals surface area contributed by atoms with Crippen molar-refractivity contribution in [2.75, 3.05) is 51.3 Å². The lowest BCUT2D eigenvalue weighted by Gasteiger charge is -2.39. The topological polar surface area (TPSA) is 66.0 Å². The molecule has 3 heterocycles. The first kappa shape index (κ1) is 22.2. The summed E-state index contributed by atoms with van der Waals surface area (Å²) < 4.78 is 5.48. The molecule has 2 aliphatic rings. The lowest BCUT2D eigenvalue weighted by atomic mass is 9.94. The second-order valence-corrected chi connectivity index (χ2v) is 8.97. The van der Waals surface area contributed by atoms with Gasteiger partial charge in [0, 0.05) is 68.3 Å². The summed E-state index contributed by atoms with van der Waals surface area (Å²) in [6.07, 6.45) is 5.27. The van der Waals surface area contributed by atoms with Crippen LogP contribution < -0.4 is 9.64 Å². The Morgan fingerprint density at radius 2 is 1.62 bits per heavy atom. The molecule has 0 aliphatic carbocycles. The number of carbonyl (C=O) groups is 2. The number of carbonyl (C=O) groups excluding carboxylic acids is 2. The Labute approximate surface area is 199 Å². The summed E-state index contributed by atoms with van der Waals surface area (Å²) >= 11 is 0. The maximum Gasteiger partial charge on any atom is 0.254 e. The van der Waals surface area contributed by atoms with Gasteiger partial charge in [0.25, 0.3) is 5.91 Å². The number of methoxy groups -OCH3 is 1. The number of likely N-dealkylation sites (tertiary alicyclic amines) is 1. The van der Waals surface area contributed by atoms with Gasteiger partial charge in [-0.25, -0.2) is 0 Å². The van der Waals surface area contributed by atoms with E-state index in [0.29, 0.717) is 31.7 Å². The number of amides is 2. The van der Waals surface area contributed by atoms with Crippen LogP contribution in [0.25, 0.3) is 10.8 Å². The Kier molecular flexibility index (Phi) is 6.34. The average Bonchev–Trinajstić information content (AvgIpc) is 2.92. The predicted octanol–water partition coefficient (Wildman–Crippen LogP) is 3.44. The number of benzene rings is 2. The molecule has 0 saturated carbocycles. The smallest absolute Gasteiger partial charge is 0.254 e. The molecule has 2 amide bonds. The van der Waals surface area contributed by atoms with Crippen molar-refractivity contribution in [1.82, 2.24) is 14.8 Å². The number of aromatic nitrogens is 1. The molecule has 3 aromatic rings. The van der Waals surface area contributed by atoms with Crippen molar-refractivity contribution in [3.63, 3.8) is 0 Å². The zero-order chi connectivity index (χ0) is 23.5. The fraction of sp³-hybridized carbons (Fsp3) is 0.370. The van der Waals surface area contributed by atoms with Gasteiger partial charge in [-0.2, -0.15) is 0 Å². The summed E-state index contributed by atoms with van der Waals surface area (Å²) in [6, 6.07) is 15.5. The molecule has 5 rings (SSSR count). The van der Waals surface area contributed by atoms with Crippen molar-refractivity contribution < 1.29 is 14.3 Å². The predicted molar refractivity (Wildman–Crippen MR) is 132 cm³/mol. The molecule has 1 atom stereocenters. The second-order valence-electron chi connectivity index (χ2n) is 8.97. The van der Waals surface area contributed by atoms with E-state index in [2.05, 4.69) is 9.88 Å². The first-order chi connectivity index (χ1) is 16.7. The molecule has 2 aliphatic heterocycles. The van der Waals surface area contributed by atoms with Crippen molar-refractivity contribution in [2.24, 2.45) is 5.92 Å². The molecule has 0 spiro atoms. The van der Waals surface area contributed by atoms with Crippen LogP contribution in [0.1, 0.15) is 23.2 Å². The number of piperidine rings is 1. The molecule has 7 heteroatoms. The van der Waals surface area contributed by atoms with E-state index in [1.165, 1.54) is 0 Å². The van der Waals surface area contributed by atoms with Crippen LogP contribution in [-0.4, -0.2) is 73.0 Å². The third-order valence-corrected chi connectivity index (χ3v) is 7.01. The normalized spacial score (nSPS) is 18.7. The van der Waals surface area contributed by atoms with Crippen molar-refractivity contribution >= 4 is 28.3 Å². The quantitative estimate of drug-likeness (QED) is 0.599. The molecule has 7 nitrogen and oxygen atoms in total. The van der Waals surface area contributed by atoms with Gasteiger partial charge in [0.1, 0.15) is 5.75 Å². The van der Waals surface area contributed by atoms with Crippen LogP contribution in [0.15, 0.2) is 60.9 Å². The zero-order valence-electron chi connectivity index (χ0n) is 19.5. The molecule has 0 N–H and O–H groups in total. The summed E-state index contributed by atoms with van der Waals surface area (Å²) in [5.74, 6) is 0.768. The number of rotatable bonds is 4. The van der Waals surface area contributed by atoms with Crippen molar-refractivity contribution in [1.29, 1.82) is 0 Å². The molecule has 2 aromatic carbocycles. The van der Waals surface area contributed by atoms with E-state index in [1.807, 2.05) is 58.3 Å². The SMILES string of the molecule is COc1ccc(C(=O)N2CCCC(C(=O)N3CCN(c4ccncc4)CC3)C2)c2ccccc12. The number of anilines is 1. The van der Waals surface area contributed by atoms with Gasteiger partial charge in [0.15, 0.2) is 0 Å². The molecule has 0 radical (unpaired) electrons. The Balaban J connectivity index is 1.26. The van der Waals surface area contributed by atoms with Crippen molar-refractivity contribution in [3.8, 4) is 5.75 Å². The van der Waals surface area contributed by atoms with E-state index in [1.54, 1.807) is 19.5 Å². The highest BCUT2D eigenvalue weighted by atomic mass is 16.5. The summed E-state index contributed by atoms with van der Waals surface area (Å²) in [5, 5.41) is 1.81. The third-order valence-electron chi connectivity index (χ3n) is 7.01. The highest BCUT2D eigenvalue weighted by molar-refractivity contribution is 6.08. The second kappa shape index (κ2) is 9.71. The third kappa shape index (κ3) is 4.30. The van der Waals surface area contributed by atoms with E-state index < -0.39 is 0 Å². The summed E-state index contributed by atoms with van der Waals surface area (Å²) in [7, 11) is 1.64. The summed E-state index contributed by atoms with van der Waals surface area (Å²) in [6.45, 7) is 4.18. The largest absolute Gasteiger partial charge is 0.496 e. The number of pyridine rings is 1. The van der Waals surface area contributed by atoms with Gasteiger partial charge in [0.2, 0.25) is 5.91 Å². The van der Waals surface area contributed by atoms with Gasteiger partial charge in [0.05, 0.1) is 13.0 Å². The molecule has 1 unspecified atom stereocenters. The summed E-state index contributed by atoms with van der Waals surface area (Å²) in [4.78, 5) is 37.0. The fourth-order valence-electron chi connectivity index (χ4n) is 5.17. The minimum Gasteiger partial charge on any atom is -0.496 e. The van der Waals surface area contributed by atoms with Crippen LogP contribution in [0.5, 0.6) is 5.75 Å². The van der Waals surface area contributed by atoms with Crippen LogP contribution in [0, 0.1) is 5.92 Å². The van der Waals surface area contributed by atoms with E-state index in [0.717, 1.165) is 48.1 Å². The van der Waals surface area contributed by atoms with Crippen LogP contribution in [0.2, 0.25) is 0 Å². The number of hydrogen-bond acceptors (Lipinski definition) is 5. The average molecular weight is 459 g/mol. The number of fused-ring (bicyclic) bond motifs is 1. The van der Waals surface area contributed by atoms with Crippen molar-refractivity contribution in [2.45, 2.75) is 12.8 Å². The number of hydrogen-bond donors (Lipinski definition) is 0. The number of ether oxygens (including phenoxy) is 1. The van der Waals surface area contributed by atoms with Gasteiger partial charge in [-0.1, -0.05) is 24.3 Å². The molecule has 1 aromatic heterocycles. The number of nitrogens with zero attached hydrogens (tertiary/aromatic N) is 4. The molecule has 0 bridgehead atoms. The van der Waals surface area contributed by atoms with E-state index in [4.69, 9.17) is 4.74 Å². The minimum absolute atomic E-state index is 0.0149. The maximum absolute atomic E-state index is 13.5. The van der Waals surface area contributed by atoms with Crippen LogP contribution in [-0.2, 0) is 4.79 Å². The van der Waals surface area contributed by atoms with Crippen LogP contribution in [0.3, 0.4) is 0 Å². The Morgan fingerprint density at radius 3 is 2.35 bits per heavy atom. The fourth-order valence-corrected chi connectivity index (χ4v) is 5.17. The molecular formula is C27H30N4O3. The molecule has 2 fully saturated rings. The molecule has 34 heavy (non-hydrogen) atoms. The highest BCUT2D eigenvalue weighted by Crippen LogP contribution is 2.30. The Morgan fingerprint density at radius 1 is 0.882 bits per heavy atom. The van der Waals surface area contributed by atoms with Gasteiger partial charge >= 0.3 is 0 Å². The van der Waals surface area contributed by atoms with E-state index in [9.17, 15) is 9.59 Å². The van der Waals surface area contributed by atoms with Gasteiger partial charge in [-0.05, 0) is 42.5 Å².